The van der Waals surface area contributed by atoms with E-state index in [4.69, 9.17) is 11.6 Å². The van der Waals surface area contributed by atoms with Crippen LogP contribution in [0.4, 0.5) is 5.69 Å². The zero-order valence-corrected chi connectivity index (χ0v) is 27.4. The molecule has 3 aromatic carbocycles. The molecule has 2 N–H and O–H groups in total. The van der Waals surface area contributed by atoms with E-state index in [1.807, 2.05) is 71.1 Å². The lowest BCUT2D eigenvalue weighted by molar-refractivity contribution is -0.109. The molecule has 0 bridgehead atoms. The molecule has 1 saturated heterocycles. The normalized spacial score (nSPS) is 14.0. The minimum atomic E-state index is 0.0545. The summed E-state index contributed by atoms with van der Waals surface area (Å²) >= 11 is 6.35. The predicted molar refractivity (Wildman–Crippen MR) is 179 cm³/mol. The molecule has 232 valence electrons. The summed E-state index contributed by atoms with van der Waals surface area (Å²) < 4.78 is 0. The molecule has 1 aliphatic rings. The van der Waals surface area contributed by atoms with Crippen LogP contribution in [0.25, 0.3) is 0 Å². The Morgan fingerprint density at radius 1 is 0.977 bits per heavy atom. The topological polar surface area (TPSA) is 67.9 Å². The van der Waals surface area contributed by atoms with Crippen molar-refractivity contribution in [3.05, 3.63) is 99.1 Å². The van der Waals surface area contributed by atoms with Crippen molar-refractivity contribution < 1.29 is 9.59 Å². The van der Waals surface area contributed by atoms with Crippen LogP contribution in [0.15, 0.2) is 60.7 Å². The first-order chi connectivity index (χ1) is 20.7. The van der Waals surface area contributed by atoms with Gasteiger partial charge in [0.25, 0.3) is 5.91 Å². The Bertz CT molecular complexity index is 1320. The predicted octanol–water partition coefficient (Wildman–Crippen LogP) is 5.41. The molecule has 0 unspecified atom stereocenters. The highest BCUT2D eigenvalue weighted by molar-refractivity contribution is 6.31. The van der Waals surface area contributed by atoms with Crippen LogP contribution in [0.5, 0.6) is 0 Å². The van der Waals surface area contributed by atoms with Crippen molar-refractivity contribution in [2.45, 2.75) is 39.7 Å². The first kappa shape index (κ1) is 34.1. The summed E-state index contributed by atoms with van der Waals surface area (Å²) in [7, 11) is 5.66. The van der Waals surface area contributed by atoms with Crippen LogP contribution in [0.1, 0.15) is 50.5 Å². The standard InChI is InChI=1S/C33H41ClN4O2.C2H7N/c1-24-17-25(2)19-30(18-24)33(40)36(4)22-29(27-9-10-31(34)26(3)20-27)11-12-37-13-15-38(16-14-37)32-8-6-5-7-28(32)21-35-23-39;1-3-2/h5-10,17-20,23,29H,11-16,21-22H2,1-4H3,(H,35,39);3H,1-2H3/t29-;/m1./s1. The number of hydrogen-bond acceptors (Lipinski definition) is 5. The maximum Gasteiger partial charge on any atom is 0.253 e. The molecule has 2 amide bonds. The average Bonchev–Trinajstić information content (AvgIpc) is 2.99. The van der Waals surface area contributed by atoms with Crippen LogP contribution in [0.3, 0.4) is 0 Å². The summed E-state index contributed by atoms with van der Waals surface area (Å²) in [6, 6.07) is 20.6. The second-order valence-corrected chi connectivity index (χ2v) is 11.9. The lowest BCUT2D eigenvalue weighted by Gasteiger charge is -2.37. The molecule has 8 heteroatoms. The number of likely N-dealkylation sites (N-methyl/N-ethyl adjacent to an activating group) is 1. The summed E-state index contributed by atoms with van der Waals surface area (Å²) in [6.45, 7) is 12.1. The van der Waals surface area contributed by atoms with Gasteiger partial charge < -0.3 is 20.4 Å². The Kier molecular flexibility index (Phi) is 13.5. The Hall–Kier alpha value is -3.39. The summed E-state index contributed by atoms with van der Waals surface area (Å²) in [6.07, 6.45) is 1.70. The number of carbonyl (C=O) groups excluding carboxylic acids is 2. The average molecular weight is 606 g/mol. The van der Waals surface area contributed by atoms with E-state index in [9.17, 15) is 9.59 Å². The van der Waals surface area contributed by atoms with Gasteiger partial charge in [0, 0.05) is 68.5 Å². The highest BCUT2D eigenvalue weighted by Gasteiger charge is 2.23. The van der Waals surface area contributed by atoms with Crippen molar-refractivity contribution in [2.75, 3.05) is 65.3 Å². The molecule has 0 saturated carbocycles. The number of rotatable bonds is 11. The van der Waals surface area contributed by atoms with Crippen molar-refractivity contribution in [1.82, 2.24) is 20.4 Å². The third kappa shape index (κ3) is 10.1. The number of hydrogen-bond donors (Lipinski definition) is 2. The SMILES string of the molecule is CNC.Cc1cc(C)cc(C(=O)N(C)C[C@@H](CCN2CCN(c3ccccc3CNC=O)CC2)c2ccc(Cl)c(C)c2)c1. The first-order valence-electron chi connectivity index (χ1n) is 15.1. The second kappa shape index (κ2) is 17.0. The van der Waals surface area contributed by atoms with Gasteiger partial charge in [-0.25, -0.2) is 0 Å². The van der Waals surface area contributed by atoms with Gasteiger partial charge in [-0.3, -0.25) is 14.5 Å². The number of aryl methyl sites for hydroxylation is 3. The smallest absolute Gasteiger partial charge is 0.253 e. The van der Waals surface area contributed by atoms with Gasteiger partial charge in [0.15, 0.2) is 0 Å². The molecule has 0 aromatic heterocycles. The third-order valence-corrected chi connectivity index (χ3v) is 8.26. The van der Waals surface area contributed by atoms with Gasteiger partial charge in [-0.1, -0.05) is 59.1 Å². The van der Waals surface area contributed by atoms with Crippen molar-refractivity contribution in [3.8, 4) is 0 Å². The van der Waals surface area contributed by atoms with Gasteiger partial charge in [0.2, 0.25) is 6.41 Å². The number of anilines is 1. The van der Waals surface area contributed by atoms with Gasteiger partial charge in [-0.05, 0) is 88.8 Å². The lowest BCUT2D eigenvalue weighted by Crippen LogP contribution is -2.47. The number of carbonyl (C=O) groups is 2. The molecule has 43 heavy (non-hydrogen) atoms. The molecule has 1 fully saturated rings. The molecule has 0 aliphatic carbocycles. The van der Waals surface area contributed by atoms with Crippen molar-refractivity contribution in [3.63, 3.8) is 0 Å². The maximum absolute atomic E-state index is 13.4. The van der Waals surface area contributed by atoms with Gasteiger partial charge in [0.1, 0.15) is 0 Å². The number of para-hydroxylation sites is 1. The quantitative estimate of drug-likeness (QED) is 0.286. The van der Waals surface area contributed by atoms with Gasteiger partial charge >= 0.3 is 0 Å². The van der Waals surface area contributed by atoms with Crippen molar-refractivity contribution >= 4 is 29.6 Å². The molecule has 0 radical (unpaired) electrons. The monoisotopic (exact) mass is 605 g/mol. The molecule has 4 rings (SSSR count). The number of benzene rings is 3. The Labute approximate surface area is 263 Å². The Morgan fingerprint density at radius 2 is 1.63 bits per heavy atom. The second-order valence-electron chi connectivity index (χ2n) is 11.5. The first-order valence-corrected chi connectivity index (χ1v) is 15.4. The number of nitrogens with one attached hydrogen (secondary N) is 2. The Morgan fingerprint density at radius 3 is 2.26 bits per heavy atom. The van der Waals surface area contributed by atoms with Crippen LogP contribution in [0.2, 0.25) is 5.02 Å². The highest BCUT2D eigenvalue weighted by atomic mass is 35.5. The zero-order valence-electron chi connectivity index (χ0n) is 26.6. The minimum Gasteiger partial charge on any atom is -0.369 e. The summed E-state index contributed by atoms with van der Waals surface area (Å²) in [5, 5.41) is 6.31. The summed E-state index contributed by atoms with van der Waals surface area (Å²) in [5.74, 6) is 0.253. The highest BCUT2D eigenvalue weighted by Crippen LogP contribution is 2.27. The fourth-order valence-electron chi connectivity index (χ4n) is 5.69. The largest absolute Gasteiger partial charge is 0.369 e. The maximum atomic E-state index is 13.4. The number of nitrogens with zero attached hydrogens (tertiary/aromatic N) is 3. The van der Waals surface area contributed by atoms with Gasteiger partial charge in [-0.2, -0.15) is 0 Å². The van der Waals surface area contributed by atoms with Gasteiger partial charge in [-0.15, -0.1) is 0 Å². The molecule has 1 aliphatic heterocycles. The molecular weight excluding hydrogens is 558 g/mol. The number of amides is 2. The summed E-state index contributed by atoms with van der Waals surface area (Å²) in [5.41, 5.74) is 7.55. The molecule has 0 spiro atoms. The Balaban J connectivity index is 0.00000162. The summed E-state index contributed by atoms with van der Waals surface area (Å²) in [4.78, 5) is 31.0. The number of piperazine rings is 1. The van der Waals surface area contributed by atoms with Crippen LogP contribution in [-0.4, -0.2) is 82.5 Å². The lowest BCUT2D eigenvalue weighted by atomic mass is 9.93. The molecular formula is C35H48ClN5O2. The molecule has 3 aromatic rings. The van der Waals surface area contributed by atoms with E-state index in [0.717, 1.165) is 78.4 Å². The van der Waals surface area contributed by atoms with Crippen molar-refractivity contribution in [1.29, 1.82) is 0 Å². The molecule has 1 atom stereocenters. The van der Waals surface area contributed by atoms with Gasteiger partial charge in [0.05, 0.1) is 0 Å². The molecule has 7 nitrogen and oxygen atoms in total. The van der Waals surface area contributed by atoms with E-state index in [1.54, 1.807) is 0 Å². The fraction of sp³-hybridized carbons (Fsp3) is 0.429. The van der Waals surface area contributed by atoms with E-state index < -0.39 is 0 Å². The number of halogens is 1. The zero-order chi connectivity index (χ0) is 31.4. The van der Waals surface area contributed by atoms with E-state index in [-0.39, 0.29) is 11.8 Å². The van der Waals surface area contributed by atoms with Crippen LogP contribution in [0, 0.1) is 20.8 Å². The van der Waals surface area contributed by atoms with E-state index in [1.165, 1.54) is 11.3 Å². The van der Waals surface area contributed by atoms with E-state index >= 15 is 0 Å². The van der Waals surface area contributed by atoms with Crippen molar-refractivity contribution in [2.24, 2.45) is 0 Å². The minimum absolute atomic E-state index is 0.0545. The van der Waals surface area contributed by atoms with E-state index in [0.29, 0.717) is 13.1 Å². The van der Waals surface area contributed by atoms with Crippen LogP contribution in [-0.2, 0) is 11.3 Å². The third-order valence-electron chi connectivity index (χ3n) is 7.84. The van der Waals surface area contributed by atoms with Crippen LogP contribution >= 0.6 is 11.6 Å². The molecule has 1 heterocycles. The van der Waals surface area contributed by atoms with E-state index in [2.05, 4.69) is 56.8 Å². The van der Waals surface area contributed by atoms with Crippen LogP contribution < -0.4 is 15.5 Å². The fourth-order valence-corrected chi connectivity index (χ4v) is 5.81.